The number of hydrogen-bond acceptors (Lipinski definition) is 4. The largest absolute Gasteiger partial charge is 0.494 e. The van der Waals surface area contributed by atoms with Gasteiger partial charge < -0.3 is 9.15 Å². The van der Waals surface area contributed by atoms with Crippen LogP contribution in [0.3, 0.4) is 0 Å². The van der Waals surface area contributed by atoms with Gasteiger partial charge in [-0.25, -0.2) is 4.99 Å². The summed E-state index contributed by atoms with van der Waals surface area (Å²) in [6, 6.07) is 19.0. The molecule has 28 heavy (non-hydrogen) atoms. The first kappa shape index (κ1) is 17.8. The van der Waals surface area contributed by atoms with E-state index >= 15 is 0 Å². The number of amides is 1. The Kier molecular flexibility index (Phi) is 4.81. The van der Waals surface area contributed by atoms with E-state index in [0.717, 1.165) is 22.6 Å². The molecular formula is C23H20N2O3. The number of ether oxygens (including phenoxy) is 1. The Bertz CT molecular complexity index is 1030. The van der Waals surface area contributed by atoms with E-state index in [1.54, 1.807) is 29.4 Å². The molecule has 1 aliphatic heterocycles. The molecule has 0 unspecified atom stereocenters. The van der Waals surface area contributed by atoms with Gasteiger partial charge in [0.05, 0.1) is 18.6 Å². The number of anilines is 1. The van der Waals surface area contributed by atoms with Gasteiger partial charge in [0.2, 0.25) is 0 Å². The molecule has 0 aliphatic carbocycles. The Morgan fingerprint density at radius 2 is 1.82 bits per heavy atom. The highest BCUT2D eigenvalue weighted by molar-refractivity contribution is 6.33. The minimum absolute atomic E-state index is 0.198. The Balaban J connectivity index is 1.77. The van der Waals surface area contributed by atoms with Crippen LogP contribution in [-0.4, -0.2) is 18.3 Å². The summed E-state index contributed by atoms with van der Waals surface area (Å²) in [4.78, 5) is 19.4. The first-order valence-corrected chi connectivity index (χ1v) is 9.14. The third-order valence-corrected chi connectivity index (χ3v) is 4.40. The van der Waals surface area contributed by atoms with Crippen LogP contribution in [0, 0.1) is 6.92 Å². The lowest BCUT2D eigenvalue weighted by Crippen LogP contribution is -2.32. The maximum absolute atomic E-state index is 13.2. The average molecular weight is 372 g/mol. The molecule has 0 spiro atoms. The summed E-state index contributed by atoms with van der Waals surface area (Å²) in [6.07, 6.45) is 3.23. The summed E-state index contributed by atoms with van der Waals surface area (Å²) in [5, 5.41) is 0. The average Bonchev–Trinajstić information content (AvgIpc) is 3.32. The zero-order valence-electron chi connectivity index (χ0n) is 15.8. The molecule has 0 fully saturated rings. The fourth-order valence-corrected chi connectivity index (χ4v) is 3.02. The minimum Gasteiger partial charge on any atom is -0.494 e. The second-order valence-electron chi connectivity index (χ2n) is 6.41. The van der Waals surface area contributed by atoms with Gasteiger partial charge in [-0.05, 0) is 50.2 Å². The lowest BCUT2D eigenvalue weighted by atomic mass is 10.1. The third kappa shape index (κ3) is 3.47. The zero-order valence-corrected chi connectivity index (χ0v) is 15.8. The number of amidine groups is 1. The van der Waals surface area contributed by atoms with Crippen LogP contribution < -0.4 is 9.64 Å². The lowest BCUT2D eigenvalue weighted by Gasteiger charge is -2.19. The van der Waals surface area contributed by atoms with Gasteiger partial charge in [0, 0.05) is 11.6 Å². The standard InChI is InChI=1S/C23H20N2O3/c1-3-27-19-12-10-18(11-13-19)25-22(17-8-6-16(2)7-9-17)24-21(23(25)26)15-20-5-4-14-28-20/h4-15H,3H2,1-2H3/b21-15+. The van der Waals surface area contributed by atoms with Crippen molar-refractivity contribution in [2.75, 3.05) is 11.5 Å². The van der Waals surface area contributed by atoms with Crippen molar-refractivity contribution in [3.8, 4) is 5.75 Å². The second kappa shape index (κ2) is 7.56. The van der Waals surface area contributed by atoms with Crippen molar-refractivity contribution < 1.29 is 13.9 Å². The predicted octanol–water partition coefficient (Wildman–Crippen LogP) is 4.82. The van der Waals surface area contributed by atoms with Gasteiger partial charge in [-0.3, -0.25) is 9.69 Å². The molecule has 2 aromatic carbocycles. The van der Waals surface area contributed by atoms with Crippen molar-refractivity contribution >= 4 is 23.5 Å². The smallest absolute Gasteiger partial charge is 0.282 e. The van der Waals surface area contributed by atoms with E-state index in [1.807, 2.05) is 62.4 Å². The molecule has 1 aliphatic rings. The molecule has 1 amide bonds. The number of aryl methyl sites for hydroxylation is 1. The number of nitrogens with zero attached hydrogens (tertiary/aromatic N) is 2. The topological polar surface area (TPSA) is 55.0 Å². The van der Waals surface area contributed by atoms with Crippen molar-refractivity contribution in [3.05, 3.63) is 89.5 Å². The van der Waals surface area contributed by atoms with Gasteiger partial charge in [-0.15, -0.1) is 0 Å². The van der Waals surface area contributed by atoms with Crippen molar-refractivity contribution in [1.29, 1.82) is 0 Å². The monoisotopic (exact) mass is 372 g/mol. The van der Waals surface area contributed by atoms with Gasteiger partial charge >= 0.3 is 0 Å². The van der Waals surface area contributed by atoms with E-state index in [9.17, 15) is 4.79 Å². The predicted molar refractivity (Wildman–Crippen MR) is 109 cm³/mol. The van der Waals surface area contributed by atoms with Gasteiger partial charge in [-0.2, -0.15) is 0 Å². The lowest BCUT2D eigenvalue weighted by molar-refractivity contribution is -0.113. The fourth-order valence-electron chi connectivity index (χ4n) is 3.02. The molecule has 5 nitrogen and oxygen atoms in total. The first-order chi connectivity index (χ1) is 13.7. The van der Waals surface area contributed by atoms with Gasteiger partial charge in [0.1, 0.15) is 23.0 Å². The molecule has 0 saturated carbocycles. The number of furan rings is 1. The summed E-state index contributed by atoms with van der Waals surface area (Å²) in [6.45, 7) is 4.55. The van der Waals surface area contributed by atoms with Crippen molar-refractivity contribution in [1.82, 2.24) is 0 Å². The molecule has 0 radical (unpaired) electrons. The van der Waals surface area contributed by atoms with Gasteiger partial charge in [0.25, 0.3) is 5.91 Å². The maximum Gasteiger partial charge on any atom is 0.282 e. The van der Waals surface area contributed by atoms with Crippen molar-refractivity contribution in [2.24, 2.45) is 4.99 Å². The number of benzene rings is 2. The molecule has 4 rings (SSSR count). The second-order valence-corrected chi connectivity index (χ2v) is 6.41. The van der Waals surface area contributed by atoms with E-state index in [1.165, 1.54) is 0 Å². The van der Waals surface area contributed by atoms with Crippen LogP contribution in [0.4, 0.5) is 5.69 Å². The quantitative estimate of drug-likeness (QED) is 0.603. The first-order valence-electron chi connectivity index (χ1n) is 9.14. The van der Waals surface area contributed by atoms with Gasteiger partial charge in [-0.1, -0.05) is 29.8 Å². The van der Waals surface area contributed by atoms with Crippen LogP contribution >= 0.6 is 0 Å². The third-order valence-electron chi connectivity index (χ3n) is 4.40. The maximum atomic E-state index is 13.2. The van der Waals surface area contributed by atoms with Crippen LogP contribution in [0.25, 0.3) is 6.08 Å². The van der Waals surface area contributed by atoms with Crippen LogP contribution in [0.1, 0.15) is 23.8 Å². The Hall–Kier alpha value is -3.60. The summed E-state index contributed by atoms with van der Waals surface area (Å²) in [7, 11) is 0. The van der Waals surface area contributed by atoms with Crippen molar-refractivity contribution in [2.45, 2.75) is 13.8 Å². The highest BCUT2D eigenvalue weighted by Crippen LogP contribution is 2.29. The highest BCUT2D eigenvalue weighted by atomic mass is 16.5. The molecule has 0 saturated heterocycles. The normalized spacial score (nSPS) is 15.2. The molecule has 140 valence electrons. The van der Waals surface area contributed by atoms with E-state index < -0.39 is 0 Å². The van der Waals surface area contributed by atoms with Crippen LogP contribution in [0.5, 0.6) is 5.75 Å². The number of carbonyl (C=O) groups is 1. The molecule has 1 aromatic heterocycles. The van der Waals surface area contributed by atoms with E-state index in [-0.39, 0.29) is 5.91 Å². The van der Waals surface area contributed by atoms with E-state index in [4.69, 9.17) is 9.15 Å². The molecular weight excluding hydrogens is 352 g/mol. The Morgan fingerprint density at radius 1 is 1.07 bits per heavy atom. The fraction of sp³-hybridized carbons (Fsp3) is 0.130. The summed E-state index contributed by atoms with van der Waals surface area (Å²) in [5.41, 5.74) is 3.08. The van der Waals surface area contributed by atoms with Crippen molar-refractivity contribution in [3.63, 3.8) is 0 Å². The molecule has 0 atom stereocenters. The number of carbonyl (C=O) groups excluding carboxylic acids is 1. The summed E-state index contributed by atoms with van der Waals surface area (Å²) >= 11 is 0. The Morgan fingerprint density at radius 3 is 2.46 bits per heavy atom. The number of rotatable bonds is 5. The summed E-state index contributed by atoms with van der Waals surface area (Å²) in [5.74, 6) is 1.74. The highest BCUT2D eigenvalue weighted by Gasteiger charge is 2.32. The molecule has 5 heteroatoms. The van der Waals surface area contributed by atoms with Crippen LogP contribution in [-0.2, 0) is 4.79 Å². The zero-order chi connectivity index (χ0) is 19.5. The molecule has 0 bridgehead atoms. The van der Waals surface area contributed by atoms with E-state index in [2.05, 4.69) is 4.99 Å². The summed E-state index contributed by atoms with van der Waals surface area (Å²) < 4.78 is 10.9. The number of aliphatic imine (C=N–C) groups is 1. The molecule has 0 N–H and O–H groups in total. The number of hydrogen-bond donors (Lipinski definition) is 0. The van der Waals surface area contributed by atoms with Crippen LogP contribution in [0.15, 0.2) is 82.0 Å². The van der Waals surface area contributed by atoms with Gasteiger partial charge in [0.15, 0.2) is 0 Å². The molecule has 2 heterocycles. The minimum atomic E-state index is -0.198. The Labute approximate surface area is 163 Å². The molecule has 3 aromatic rings. The van der Waals surface area contributed by atoms with Crippen LogP contribution in [0.2, 0.25) is 0 Å². The SMILES string of the molecule is CCOc1ccc(N2C(=O)/C(=C\c3ccco3)N=C2c2ccc(C)cc2)cc1. The van der Waals surface area contributed by atoms with E-state index in [0.29, 0.717) is 23.9 Å².